The van der Waals surface area contributed by atoms with Crippen molar-refractivity contribution in [3.05, 3.63) is 113 Å². The molecular weight excluding hydrogens is 435 g/mol. The van der Waals surface area contributed by atoms with Crippen LogP contribution in [0.1, 0.15) is 29.3 Å². The van der Waals surface area contributed by atoms with Gasteiger partial charge in [0.15, 0.2) is 11.6 Å². The molecule has 0 spiro atoms. The third-order valence-electron chi connectivity index (χ3n) is 5.87. The van der Waals surface area contributed by atoms with E-state index in [0.717, 1.165) is 22.4 Å². The Morgan fingerprint density at radius 3 is 2.12 bits per heavy atom. The van der Waals surface area contributed by atoms with Crippen molar-refractivity contribution >= 4 is 0 Å². The van der Waals surface area contributed by atoms with E-state index in [-0.39, 0.29) is 18.0 Å². The molecule has 0 atom stereocenters. The largest absolute Gasteiger partial charge is 0.377 e. The van der Waals surface area contributed by atoms with Crippen molar-refractivity contribution in [2.45, 2.75) is 33.3 Å². The summed E-state index contributed by atoms with van der Waals surface area (Å²) < 4.78 is 49.0. The van der Waals surface area contributed by atoms with Crippen molar-refractivity contribution in [1.29, 1.82) is 0 Å². The van der Waals surface area contributed by atoms with Crippen molar-refractivity contribution in [2.75, 3.05) is 6.61 Å². The number of aromatic nitrogens is 1. The van der Waals surface area contributed by atoms with Crippen LogP contribution in [-0.4, -0.2) is 11.6 Å². The smallest absolute Gasteiger partial charge is 0.166 e. The summed E-state index contributed by atoms with van der Waals surface area (Å²) in [5, 5.41) is 0. The maximum atomic E-state index is 14.7. The number of benzene rings is 3. The number of rotatable bonds is 8. The fourth-order valence-electron chi connectivity index (χ4n) is 3.83. The minimum atomic E-state index is -0.853. The van der Waals surface area contributed by atoms with Gasteiger partial charge in [0.1, 0.15) is 5.82 Å². The normalized spacial score (nSPS) is 11.1. The summed E-state index contributed by atoms with van der Waals surface area (Å²) in [5.41, 5.74) is 5.08. The standard InChI is InChI=1S/C29H26F3NO/c1-3-34-18-25-13-12-23(16-27(25)30)21-9-5-20(6-10-21)7-11-22-14-15-26(29(32)28(22)31)24-8-4-19(2)33-17-24/h4-6,8-10,12-17H,3,7,11,18H2,1-2H3. The fourth-order valence-corrected chi connectivity index (χ4v) is 3.83. The third-order valence-corrected chi connectivity index (χ3v) is 5.87. The van der Waals surface area contributed by atoms with E-state index in [9.17, 15) is 13.2 Å². The molecule has 0 amide bonds. The molecule has 0 aliphatic carbocycles. The maximum Gasteiger partial charge on any atom is 0.166 e. The summed E-state index contributed by atoms with van der Waals surface area (Å²) in [6.45, 7) is 4.50. The number of hydrogen-bond acceptors (Lipinski definition) is 2. The molecule has 0 saturated heterocycles. The van der Waals surface area contributed by atoms with Crippen LogP contribution >= 0.6 is 0 Å². The zero-order valence-corrected chi connectivity index (χ0v) is 19.2. The molecule has 174 valence electrons. The lowest BCUT2D eigenvalue weighted by molar-refractivity contribution is 0.131. The Morgan fingerprint density at radius 2 is 1.44 bits per heavy atom. The third kappa shape index (κ3) is 5.37. The highest BCUT2D eigenvalue weighted by atomic mass is 19.2. The van der Waals surface area contributed by atoms with Crippen LogP contribution in [0, 0.1) is 24.4 Å². The first-order valence-electron chi connectivity index (χ1n) is 11.3. The molecule has 0 aliphatic heterocycles. The van der Waals surface area contributed by atoms with E-state index < -0.39 is 11.6 Å². The Labute approximate surface area is 198 Å². The molecule has 4 rings (SSSR count). The molecule has 2 nitrogen and oxygen atoms in total. The molecule has 4 aromatic rings. The summed E-state index contributed by atoms with van der Waals surface area (Å²) in [6.07, 6.45) is 2.48. The van der Waals surface area contributed by atoms with E-state index in [1.807, 2.05) is 44.2 Å². The molecule has 1 heterocycles. The molecular formula is C29H26F3NO. The van der Waals surface area contributed by atoms with E-state index in [0.29, 0.717) is 36.1 Å². The predicted molar refractivity (Wildman–Crippen MR) is 129 cm³/mol. The van der Waals surface area contributed by atoms with Crippen LogP contribution in [0.4, 0.5) is 13.2 Å². The number of aryl methyl sites for hydroxylation is 3. The van der Waals surface area contributed by atoms with Crippen molar-refractivity contribution in [1.82, 2.24) is 4.98 Å². The lowest BCUT2D eigenvalue weighted by Gasteiger charge is -2.10. The minimum absolute atomic E-state index is 0.206. The van der Waals surface area contributed by atoms with E-state index >= 15 is 0 Å². The zero-order valence-electron chi connectivity index (χ0n) is 19.2. The van der Waals surface area contributed by atoms with Gasteiger partial charge in [-0.2, -0.15) is 0 Å². The van der Waals surface area contributed by atoms with Gasteiger partial charge in [0.25, 0.3) is 0 Å². The van der Waals surface area contributed by atoms with Crippen molar-refractivity contribution in [3.8, 4) is 22.3 Å². The van der Waals surface area contributed by atoms with Gasteiger partial charge in [0.2, 0.25) is 0 Å². The van der Waals surface area contributed by atoms with Crippen LogP contribution in [0.25, 0.3) is 22.3 Å². The maximum absolute atomic E-state index is 14.7. The van der Waals surface area contributed by atoms with Crippen molar-refractivity contribution in [2.24, 2.45) is 0 Å². The Bertz CT molecular complexity index is 1270. The Kier molecular flexibility index (Phi) is 7.43. The average molecular weight is 462 g/mol. The molecule has 0 N–H and O–H groups in total. The molecule has 3 aromatic carbocycles. The van der Waals surface area contributed by atoms with Gasteiger partial charge in [-0.3, -0.25) is 4.98 Å². The number of pyridine rings is 1. The van der Waals surface area contributed by atoms with Gasteiger partial charge in [-0.15, -0.1) is 0 Å². The van der Waals surface area contributed by atoms with E-state index in [4.69, 9.17) is 4.74 Å². The van der Waals surface area contributed by atoms with Crippen LogP contribution in [0.15, 0.2) is 72.9 Å². The zero-order chi connectivity index (χ0) is 24.1. The second kappa shape index (κ2) is 10.7. The van der Waals surface area contributed by atoms with Crippen LogP contribution < -0.4 is 0 Å². The average Bonchev–Trinajstić information content (AvgIpc) is 2.85. The minimum Gasteiger partial charge on any atom is -0.377 e. The summed E-state index contributed by atoms with van der Waals surface area (Å²) in [7, 11) is 0. The summed E-state index contributed by atoms with van der Waals surface area (Å²) >= 11 is 0. The first-order chi connectivity index (χ1) is 16.5. The molecule has 0 bridgehead atoms. The van der Waals surface area contributed by atoms with E-state index in [1.165, 1.54) is 6.07 Å². The molecule has 34 heavy (non-hydrogen) atoms. The van der Waals surface area contributed by atoms with Gasteiger partial charge >= 0.3 is 0 Å². The summed E-state index contributed by atoms with van der Waals surface area (Å²) in [6, 6.07) is 19.6. The molecule has 0 unspecified atom stereocenters. The quantitative estimate of drug-likeness (QED) is 0.272. The lowest BCUT2D eigenvalue weighted by atomic mass is 9.98. The highest BCUT2D eigenvalue weighted by Crippen LogP contribution is 2.27. The predicted octanol–water partition coefficient (Wildman–Crippen LogP) is 7.46. The number of hydrogen-bond donors (Lipinski definition) is 0. The molecule has 0 aliphatic rings. The number of nitrogens with zero attached hydrogens (tertiary/aromatic N) is 1. The fraction of sp³-hybridized carbons (Fsp3) is 0.207. The number of halogens is 3. The Balaban J connectivity index is 1.44. The Hall–Kier alpha value is -3.44. The van der Waals surface area contributed by atoms with Crippen LogP contribution in [-0.2, 0) is 24.2 Å². The van der Waals surface area contributed by atoms with Crippen molar-refractivity contribution < 1.29 is 17.9 Å². The molecule has 0 saturated carbocycles. The SMILES string of the molecule is CCOCc1ccc(-c2ccc(CCc3ccc(-c4ccc(C)nc4)c(F)c3F)cc2)cc1F. The van der Waals surface area contributed by atoms with Gasteiger partial charge < -0.3 is 4.74 Å². The highest BCUT2D eigenvalue weighted by Gasteiger charge is 2.15. The van der Waals surface area contributed by atoms with E-state index in [1.54, 1.807) is 36.5 Å². The highest BCUT2D eigenvalue weighted by molar-refractivity contribution is 5.65. The first kappa shape index (κ1) is 23.7. The monoisotopic (exact) mass is 461 g/mol. The number of ether oxygens (including phenoxy) is 1. The molecule has 0 radical (unpaired) electrons. The Morgan fingerprint density at radius 1 is 0.735 bits per heavy atom. The second-order valence-electron chi connectivity index (χ2n) is 8.23. The molecule has 0 fully saturated rings. The van der Waals surface area contributed by atoms with Gasteiger partial charge in [0, 0.05) is 35.2 Å². The van der Waals surface area contributed by atoms with Crippen LogP contribution in [0.2, 0.25) is 0 Å². The second-order valence-corrected chi connectivity index (χ2v) is 8.23. The van der Waals surface area contributed by atoms with Gasteiger partial charge in [0.05, 0.1) is 6.61 Å². The first-order valence-corrected chi connectivity index (χ1v) is 11.3. The lowest BCUT2D eigenvalue weighted by Crippen LogP contribution is -2.00. The summed E-state index contributed by atoms with van der Waals surface area (Å²) in [4.78, 5) is 4.16. The summed E-state index contributed by atoms with van der Waals surface area (Å²) in [5.74, 6) is -1.97. The molecule has 5 heteroatoms. The van der Waals surface area contributed by atoms with E-state index in [2.05, 4.69) is 4.98 Å². The van der Waals surface area contributed by atoms with Gasteiger partial charge in [-0.25, -0.2) is 13.2 Å². The van der Waals surface area contributed by atoms with Crippen molar-refractivity contribution in [3.63, 3.8) is 0 Å². The van der Waals surface area contributed by atoms with Crippen LogP contribution in [0.3, 0.4) is 0 Å². The van der Waals surface area contributed by atoms with Gasteiger partial charge in [-0.1, -0.05) is 54.6 Å². The molecule has 1 aromatic heterocycles. The topological polar surface area (TPSA) is 22.1 Å². The van der Waals surface area contributed by atoms with Gasteiger partial charge in [-0.05, 0) is 61.1 Å². The van der Waals surface area contributed by atoms with Crippen LogP contribution in [0.5, 0.6) is 0 Å².